The van der Waals surface area contributed by atoms with Gasteiger partial charge >= 0.3 is 0 Å². The zero-order chi connectivity index (χ0) is 15.2. The predicted molar refractivity (Wildman–Crippen MR) is 88.7 cm³/mol. The first-order valence-electron chi connectivity index (χ1n) is 7.98. The van der Waals surface area contributed by atoms with E-state index in [1.54, 1.807) is 11.3 Å². The van der Waals surface area contributed by atoms with Crippen LogP contribution >= 0.6 is 11.3 Å². The summed E-state index contributed by atoms with van der Waals surface area (Å²) in [6.07, 6.45) is 3.38. The molecule has 1 atom stereocenters. The normalized spacial score (nSPS) is 22.9. The molecule has 22 heavy (non-hydrogen) atoms. The van der Waals surface area contributed by atoms with Crippen LogP contribution in [-0.4, -0.2) is 35.9 Å². The maximum atomic E-state index is 12.7. The molecule has 5 heteroatoms. The average molecular weight is 315 g/mol. The van der Waals surface area contributed by atoms with Gasteiger partial charge in [0.15, 0.2) is 0 Å². The summed E-state index contributed by atoms with van der Waals surface area (Å²) in [5.41, 5.74) is 1.34. The number of thiazole rings is 1. The highest BCUT2D eigenvalue weighted by Gasteiger charge is 2.58. The van der Waals surface area contributed by atoms with Gasteiger partial charge in [0.05, 0.1) is 16.8 Å². The molecular formula is C17H21N3OS. The van der Waals surface area contributed by atoms with Crippen LogP contribution in [0.5, 0.6) is 0 Å². The molecule has 0 bridgehead atoms. The zero-order valence-electron chi connectivity index (χ0n) is 12.8. The third kappa shape index (κ3) is 2.42. The van der Waals surface area contributed by atoms with Crippen molar-refractivity contribution in [3.63, 3.8) is 0 Å². The van der Waals surface area contributed by atoms with Gasteiger partial charge in [0.1, 0.15) is 5.01 Å². The summed E-state index contributed by atoms with van der Waals surface area (Å²) in [5.74, 6) is 0.551. The van der Waals surface area contributed by atoms with Crippen LogP contribution in [0.1, 0.15) is 24.3 Å². The standard InChI is InChI=1S/C17H21N3OS/c1-20(11-15-19-13-4-2-3-5-14(13)22-15)16(21)12-10-17(12)6-8-18-9-7-17/h2-5,12,18H,6-11H2,1H3. The smallest absolute Gasteiger partial charge is 0.226 e. The maximum Gasteiger partial charge on any atom is 0.226 e. The van der Waals surface area contributed by atoms with Gasteiger partial charge in [0.25, 0.3) is 0 Å². The number of hydrogen-bond donors (Lipinski definition) is 1. The Labute approximate surface area is 134 Å². The topological polar surface area (TPSA) is 45.2 Å². The molecule has 2 heterocycles. The predicted octanol–water partition coefficient (Wildman–Crippen LogP) is 2.64. The molecule has 1 saturated heterocycles. The van der Waals surface area contributed by atoms with Crippen molar-refractivity contribution in [2.75, 3.05) is 20.1 Å². The second kappa shape index (κ2) is 5.32. The lowest BCUT2D eigenvalue weighted by molar-refractivity contribution is -0.132. The fourth-order valence-corrected chi connectivity index (χ4v) is 4.73. The molecular weight excluding hydrogens is 294 g/mol. The summed E-state index contributed by atoms with van der Waals surface area (Å²) >= 11 is 1.69. The number of nitrogens with one attached hydrogen (secondary N) is 1. The number of benzene rings is 1. The van der Waals surface area contributed by atoms with Gasteiger partial charge in [-0.05, 0) is 49.9 Å². The summed E-state index contributed by atoms with van der Waals surface area (Å²) in [6.45, 7) is 2.75. The van der Waals surface area contributed by atoms with E-state index in [0.29, 0.717) is 17.9 Å². The molecule has 1 saturated carbocycles. The van der Waals surface area contributed by atoms with Crippen molar-refractivity contribution in [1.82, 2.24) is 15.2 Å². The van der Waals surface area contributed by atoms with Gasteiger partial charge in [-0.3, -0.25) is 4.79 Å². The molecule has 1 aliphatic heterocycles. The Kier molecular flexibility index (Phi) is 3.42. The van der Waals surface area contributed by atoms with Gasteiger partial charge in [-0.2, -0.15) is 0 Å². The lowest BCUT2D eigenvalue weighted by Gasteiger charge is -2.24. The lowest BCUT2D eigenvalue weighted by atomic mass is 9.91. The fourth-order valence-electron chi connectivity index (χ4n) is 3.71. The molecule has 1 aliphatic carbocycles. The molecule has 4 nitrogen and oxygen atoms in total. The highest BCUT2D eigenvalue weighted by Crippen LogP contribution is 2.59. The van der Waals surface area contributed by atoms with E-state index in [4.69, 9.17) is 0 Å². The summed E-state index contributed by atoms with van der Waals surface area (Å²) in [6, 6.07) is 8.15. The van der Waals surface area contributed by atoms with Crippen LogP contribution in [0.25, 0.3) is 10.2 Å². The van der Waals surface area contributed by atoms with Crippen molar-refractivity contribution in [3.8, 4) is 0 Å². The Balaban J connectivity index is 1.43. The Hall–Kier alpha value is -1.46. The van der Waals surface area contributed by atoms with Crippen molar-refractivity contribution in [1.29, 1.82) is 0 Å². The van der Waals surface area contributed by atoms with Gasteiger partial charge in [0.2, 0.25) is 5.91 Å². The van der Waals surface area contributed by atoms with Crippen LogP contribution in [0.3, 0.4) is 0 Å². The number of carbonyl (C=O) groups is 1. The first-order chi connectivity index (χ1) is 10.7. The van der Waals surface area contributed by atoms with E-state index in [2.05, 4.69) is 16.4 Å². The van der Waals surface area contributed by atoms with E-state index in [0.717, 1.165) is 42.9 Å². The van der Waals surface area contributed by atoms with Crippen molar-refractivity contribution < 1.29 is 4.79 Å². The minimum atomic E-state index is 0.244. The lowest BCUT2D eigenvalue weighted by Crippen LogP contribution is -2.34. The third-order valence-electron chi connectivity index (χ3n) is 5.17. The van der Waals surface area contributed by atoms with Gasteiger partial charge < -0.3 is 10.2 Å². The molecule has 1 spiro atoms. The van der Waals surface area contributed by atoms with Crippen molar-refractivity contribution >= 4 is 27.5 Å². The monoisotopic (exact) mass is 315 g/mol. The summed E-state index contributed by atoms with van der Waals surface area (Å²) in [4.78, 5) is 19.2. The second-order valence-corrected chi connectivity index (χ2v) is 7.75. The Morgan fingerprint density at radius 2 is 2.18 bits per heavy atom. The molecule has 1 amide bonds. The van der Waals surface area contributed by atoms with E-state index in [1.165, 1.54) is 4.70 Å². The van der Waals surface area contributed by atoms with Crippen LogP contribution in [0, 0.1) is 11.3 Å². The van der Waals surface area contributed by atoms with Crippen molar-refractivity contribution in [2.45, 2.75) is 25.8 Å². The van der Waals surface area contributed by atoms with E-state index in [1.807, 2.05) is 30.1 Å². The van der Waals surface area contributed by atoms with Crippen LogP contribution in [0.15, 0.2) is 24.3 Å². The Morgan fingerprint density at radius 1 is 1.41 bits per heavy atom. The Morgan fingerprint density at radius 3 is 2.95 bits per heavy atom. The number of amides is 1. The second-order valence-electron chi connectivity index (χ2n) is 6.64. The Bertz CT molecular complexity index is 672. The third-order valence-corrected chi connectivity index (χ3v) is 6.20. The van der Waals surface area contributed by atoms with Gasteiger partial charge in [-0.15, -0.1) is 11.3 Å². The number of piperidine rings is 1. The van der Waals surface area contributed by atoms with Gasteiger partial charge in [-0.1, -0.05) is 12.1 Å². The number of hydrogen-bond acceptors (Lipinski definition) is 4. The molecule has 1 N–H and O–H groups in total. The first kappa shape index (κ1) is 14.2. The molecule has 1 aromatic heterocycles. The number of aromatic nitrogens is 1. The van der Waals surface area contributed by atoms with Crippen molar-refractivity contribution in [2.24, 2.45) is 11.3 Å². The van der Waals surface area contributed by atoms with Crippen LogP contribution < -0.4 is 5.32 Å². The van der Waals surface area contributed by atoms with E-state index in [-0.39, 0.29) is 5.92 Å². The number of carbonyl (C=O) groups excluding carboxylic acids is 1. The van der Waals surface area contributed by atoms with Gasteiger partial charge in [0, 0.05) is 13.0 Å². The van der Waals surface area contributed by atoms with Crippen molar-refractivity contribution in [3.05, 3.63) is 29.3 Å². The minimum Gasteiger partial charge on any atom is -0.339 e. The average Bonchev–Trinajstić information content (AvgIpc) is 3.05. The SMILES string of the molecule is CN(Cc1nc2ccccc2s1)C(=O)C1CC12CCNCC2. The van der Waals surface area contributed by atoms with Crippen LogP contribution in [-0.2, 0) is 11.3 Å². The molecule has 0 radical (unpaired) electrons. The molecule has 116 valence electrons. The fraction of sp³-hybridized carbons (Fsp3) is 0.529. The summed E-state index contributed by atoms with van der Waals surface area (Å²) in [5, 5.41) is 4.42. The van der Waals surface area contributed by atoms with E-state index < -0.39 is 0 Å². The molecule has 2 aliphatic rings. The number of fused-ring (bicyclic) bond motifs is 1. The number of rotatable bonds is 3. The molecule has 4 rings (SSSR count). The van der Waals surface area contributed by atoms with E-state index in [9.17, 15) is 4.79 Å². The van der Waals surface area contributed by atoms with Crippen LogP contribution in [0.4, 0.5) is 0 Å². The number of nitrogens with zero attached hydrogens (tertiary/aromatic N) is 2. The van der Waals surface area contributed by atoms with E-state index >= 15 is 0 Å². The zero-order valence-corrected chi connectivity index (χ0v) is 13.7. The highest BCUT2D eigenvalue weighted by molar-refractivity contribution is 7.18. The molecule has 1 unspecified atom stereocenters. The minimum absolute atomic E-state index is 0.244. The summed E-state index contributed by atoms with van der Waals surface area (Å²) in [7, 11) is 1.92. The summed E-state index contributed by atoms with van der Waals surface area (Å²) < 4.78 is 1.19. The quantitative estimate of drug-likeness (QED) is 0.947. The first-order valence-corrected chi connectivity index (χ1v) is 8.80. The van der Waals surface area contributed by atoms with Crippen LogP contribution in [0.2, 0.25) is 0 Å². The number of para-hydroxylation sites is 1. The maximum absolute atomic E-state index is 12.7. The molecule has 2 aromatic rings. The largest absolute Gasteiger partial charge is 0.339 e. The molecule has 2 fully saturated rings. The molecule has 1 aromatic carbocycles. The highest BCUT2D eigenvalue weighted by atomic mass is 32.1. The van der Waals surface area contributed by atoms with Gasteiger partial charge in [-0.25, -0.2) is 4.98 Å².